The second kappa shape index (κ2) is 11.7. The van der Waals surface area contributed by atoms with Crippen LogP contribution in [0.2, 0.25) is 5.02 Å². The van der Waals surface area contributed by atoms with Gasteiger partial charge in [-0.15, -0.1) is 11.3 Å². The van der Waals surface area contributed by atoms with Gasteiger partial charge < -0.3 is 15.2 Å². The zero-order chi connectivity index (χ0) is 29.5. The van der Waals surface area contributed by atoms with Crippen LogP contribution in [0.3, 0.4) is 0 Å². The lowest BCUT2D eigenvalue weighted by molar-refractivity contribution is -0.144. The first-order valence-electron chi connectivity index (χ1n) is 13.0. The van der Waals surface area contributed by atoms with Crippen molar-refractivity contribution in [3.63, 3.8) is 0 Å². The van der Waals surface area contributed by atoms with E-state index >= 15 is 0 Å². The van der Waals surface area contributed by atoms with Crippen LogP contribution in [0.4, 0.5) is 8.78 Å². The number of benzene rings is 1. The molecule has 0 amide bonds. The molecule has 220 valence electrons. The summed E-state index contributed by atoms with van der Waals surface area (Å²) >= 11 is 7.51. The van der Waals surface area contributed by atoms with Crippen LogP contribution in [-0.4, -0.2) is 65.5 Å². The molecule has 10 nitrogen and oxygen atoms in total. The van der Waals surface area contributed by atoms with Crippen molar-refractivity contribution in [2.75, 3.05) is 19.7 Å². The first kappa shape index (κ1) is 29.5. The molecule has 3 heterocycles. The summed E-state index contributed by atoms with van der Waals surface area (Å²) in [5.41, 5.74) is 0.574. The Morgan fingerprint density at radius 3 is 2.56 bits per heavy atom. The van der Waals surface area contributed by atoms with Gasteiger partial charge in [-0.25, -0.2) is 31.3 Å². The van der Waals surface area contributed by atoms with E-state index in [1.165, 1.54) is 21.7 Å². The third kappa shape index (κ3) is 5.62. The highest BCUT2D eigenvalue weighted by Gasteiger charge is 2.46. The van der Waals surface area contributed by atoms with E-state index < -0.39 is 55.8 Å². The number of esters is 1. The van der Waals surface area contributed by atoms with Crippen LogP contribution in [0.1, 0.15) is 49.2 Å². The standard InChI is InChI=1S/C26H27ClF2N4O6S2/c1-2-39-26(36)18-21(13-5-8-33(9-6-13)41(37,38)15-11-14(12-15)25(34)35)31-23(24-30-7-10-40-24)32-22(18)16-3-4-17(28)20(29)19(16)27/h3-4,7,10,13-15,22H,2,5-6,8-9,11-12H2,1H3,(H,31,32)(H,34,35)/t14?,15?,22-/m1/s1. The predicted octanol–water partition coefficient (Wildman–Crippen LogP) is 3.89. The highest BCUT2D eigenvalue weighted by molar-refractivity contribution is 7.89. The Kier molecular flexibility index (Phi) is 8.46. The van der Waals surface area contributed by atoms with Crippen molar-refractivity contribution in [3.05, 3.63) is 62.2 Å². The number of piperidine rings is 1. The maximum absolute atomic E-state index is 14.6. The number of carbonyl (C=O) groups excluding carboxylic acids is 1. The molecule has 41 heavy (non-hydrogen) atoms. The SMILES string of the molecule is CCOC(=O)C1=C(C2CCN(S(=O)(=O)C3CC(C(=O)O)C3)CC2)NC(c2nccs2)=N[C@@H]1c1ccc(F)c(F)c1Cl. The molecule has 2 aromatic rings. The van der Waals surface area contributed by atoms with Crippen molar-refractivity contribution in [1.82, 2.24) is 14.6 Å². The highest BCUT2D eigenvalue weighted by atomic mass is 35.5. The van der Waals surface area contributed by atoms with E-state index in [1.54, 1.807) is 18.5 Å². The maximum Gasteiger partial charge on any atom is 0.338 e. The molecule has 3 aliphatic rings. The number of halogens is 3. The van der Waals surface area contributed by atoms with Gasteiger partial charge in [-0.05, 0) is 38.7 Å². The molecule has 2 N–H and O–H groups in total. The van der Waals surface area contributed by atoms with Crippen LogP contribution >= 0.6 is 22.9 Å². The van der Waals surface area contributed by atoms with Crippen LogP contribution in [0.5, 0.6) is 0 Å². The lowest BCUT2D eigenvalue weighted by Crippen LogP contribution is -2.50. The predicted molar refractivity (Wildman–Crippen MR) is 147 cm³/mol. The molecule has 5 rings (SSSR count). The second-order valence-corrected chi connectivity index (χ2v) is 13.5. The highest BCUT2D eigenvalue weighted by Crippen LogP contribution is 2.42. The smallest absolute Gasteiger partial charge is 0.338 e. The number of sulfonamides is 1. The van der Waals surface area contributed by atoms with Gasteiger partial charge >= 0.3 is 11.9 Å². The summed E-state index contributed by atoms with van der Waals surface area (Å²) in [7, 11) is -3.68. The minimum Gasteiger partial charge on any atom is -0.481 e. The molecular formula is C26H27ClF2N4O6S2. The number of carbonyl (C=O) groups is 2. The van der Waals surface area contributed by atoms with Gasteiger partial charge in [0.25, 0.3) is 0 Å². The van der Waals surface area contributed by atoms with Crippen LogP contribution < -0.4 is 5.32 Å². The quantitative estimate of drug-likeness (QED) is 0.332. The number of amidine groups is 1. The Morgan fingerprint density at radius 1 is 1.24 bits per heavy atom. The Labute approximate surface area is 244 Å². The van der Waals surface area contributed by atoms with E-state index in [-0.39, 0.29) is 49.6 Å². The summed E-state index contributed by atoms with van der Waals surface area (Å²) in [4.78, 5) is 33.5. The van der Waals surface area contributed by atoms with Crippen molar-refractivity contribution < 1.29 is 36.6 Å². The monoisotopic (exact) mass is 628 g/mol. The van der Waals surface area contributed by atoms with E-state index in [0.29, 0.717) is 29.4 Å². The first-order chi connectivity index (χ1) is 19.5. The van der Waals surface area contributed by atoms with E-state index in [9.17, 15) is 26.8 Å². The molecule has 0 spiro atoms. The van der Waals surface area contributed by atoms with E-state index in [1.807, 2.05) is 0 Å². The number of thiazole rings is 1. The minimum atomic E-state index is -3.68. The number of nitrogens with one attached hydrogen (secondary N) is 1. The summed E-state index contributed by atoms with van der Waals surface area (Å²) in [6.07, 6.45) is 2.42. The average molecular weight is 629 g/mol. The maximum atomic E-state index is 14.6. The molecule has 2 fully saturated rings. The molecule has 1 aliphatic carbocycles. The van der Waals surface area contributed by atoms with Crippen molar-refractivity contribution in [2.45, 2.75) is 43.9 Å². The molecule has 0 bridgehead atoms. The second-order valence-electron chi connectivity index (χ2n) is 10.0. The van der Waals surface area contributed by atoms with Gasteiger partial charge in [0.1, 0.15) is 6.04 Å². The lowest BCUT2D eigenvalue weighted by atomic mass is 9.85. The molecular weight excluding hydrogens is 602 g/mol. The molecule has 2 aliphatic heterocycles. The molecule has 1 saturated carbocycles. The zero-order valence-electron chi connectivity index (χ0n) is 21.8. The van der Waals surface area contributed by atoms with E-state index in [2.05, 4.69) is 15.3 Å². The number of carboxylic acids is 1. The van der Waals surface area contributed by atoms with Crippen LogP contribution in [0.15, 0.2) is 40.0 Å². The average Bonchev–Trinajstić information content (AvgIpc) is 3.45. The molecule has 1 saturated heterocycles. The largest absolute Gasteiger partial charge is 0.481 e. The first-order valence-corrected chi connectivity index (χ1v) is 15.8. The fourth-order valence-corrected chi connectivity index (χ4v) is 8.30. The number of allylic oxidation sites excluding steroid dienone is 1. The van der Waals surface area contributed by atoms with Crippen LogP contribution in [0, 0.1) is 23.5 Å². The van der Waals surface area contributed by atoms with Crippen LogP contribution in [-0.2, 0) is 24.3 Å². The van der Waals surface area contributed by atoms with Crippen molar-refractivity contribution in [3.8, 4) is 0 Å². The van der Waals surface area contributed by atoms with Gasteiger partial charge in [-0.3, -0.25) is 9.79 Å². The fourth-order valence-electron chi connectivity index (χ4n) is 5.37. The summed E-state index contributed by atoms with van der Waals surface area (Å²) in [5, 5.41) is 13.3. The molecule has 1 atom stereocenters. The van der Waals surface area contributed by atoms with Gasteiger partial charge in [0.15, 0.2) is 22.5 Å². The number of aliphatic imine (C=N–C) groups is 1. The van der Waals surface area contributed by atoms with E-state index in [0.717, 1.165) is 6.07 Å². The summed E-state index contributed by atoms with van der Waals surface area (Å²) in [6, 6.07) is 1.05. The zero-order valence-corrected chi connectivity index (χ0v) is 24.2. The topological polar surface area (TPSA) is 138 Å². The Morgan fingerprint density at radius 2 is 1.95 bits per heavy atom. The number of aliphatic carboxylic acids is 1. The molecule has 1 aromatic heterocycles. The molecule has 0 unspecified atom stereocenters. The summed E-state index contributed by atoms with van der Waals surface area (Å²) < 4.78 is 61.5. The Balaban J connectivity index is 1.49. The Hall–Kier alpha value is -2.94. The number of rotatable bonds is 8. The van der Waals surface area contributed by atoms with Crippen molar-refractivity contribution >= 4 is 50.7 Å². The van der Waals surface area contributed by atoms with Gasteiger partial charge in [0.2, 0.25) is 10.0 Å². The van der Waals surface area contributed by atoms with Gasteiger partial charge in [-0.2, -0.15) is 0 Å². The fraction of sp³-hybridized carbons (Fsp3) is 0.462. The summed E-state index contributed by atoms with van der Waals surface area (Å²) in [5.74, 6) is -4.81. The normalized spacial score (nSPS) is 23.9. The third-order valence-electron chi connectivity index (χ3n) is 7.65. The van der Waals surface area contributed by atoms with Gasteiger partial charge in [0.05, 0.1) is 28.4 Å². The third-order valence-corrected chi connectivity index (χ3v) is 11.1. The number of carboxylic acid groups (broad SMARTS) is 1. The number of nitrogens with zero attached hydrogens (tertiary/aromatic N) is 3. The number of hydrogen-bond acceptors (Lipinski definition) is 9. The minimum absolute atomic E-state index is 0.0479. The number of aromatic nitrogens is 1. The van der Waals surface area contributed by atoms with E-state index in [4.69, 9.17) is 21.4 Å². The number of ether oxygens (including phenoxy) is 1. The molecule has 15 heteroatoms. The number of hydrogen-bond donors (Lipinski definition) is 2. The summed E-state index contributed by atoms with van der Waals surface area (Å²) in [6.45, 7) is 1.99. The van der Waals surface area contributed by atoms with Gasteiger partial charge in [0, 0.05) is 41.8 Å². The molecule has 0 radical (unpaired) electrons. The van der Waals surface area contributed by atoms with Crippen LogP contribution in [0.25, 0.3) is 0 Å². The van der Waals surface area contributed by atoms with Crippen molar-refractivity contribution in [1.29, 1.82) is 0 Å². The molecule has 1 aromatic carbocycles. The van der Waals surface area contributed by atoms with Gasteiger partial charge in [-0.1, -0.05) is 17.7 Å². The lowest BCUT2D eigenvalue weighted by Gasteiger charge is -2.40. The van der Waals surface area contributed by atoms with Crippen molar-refractivity contribution in [2.24, 2.45) is 16.8 Å². The Bertz CT molecular complexity index is 1520.